The molecule has 1 aliphatic rings. The van der Waals surface area contributed by atoms with E-state index in [2.05, 4.69) is 10.3 Å². The summed E-state index contributed by atoms with van der Waals surface area (Å²) < 4.78 is 5.39. The third-order valence-electron chi connectivity index (χ3n) is 3.06. The van der Waals surface area contributed by atoms with Gasteiger partial charge in [-0.1, -0.05) is 24.2 Å². The molecule has 1 aromatic rings. The van der Waals surface area contributed by atoms with Gasteiger partial charge in [0.15, 0.2) is 5.13 Å². The van der Waals surface area contributed by atoms with Crippen molar-refractivity contribution >= 4 is 22.4 Å². The maximum Gasteiger partial charge on any atom is 0.350 e. The molecular formula is C14H22N2O2S. The molecule has 1 N–H and O–H groups in total. The van der Waals surface area contributed by atoms with Crippen molar-refractivity contribution in [3.63, 3.8) is 0 Å². The van der Waals surface area contributed by atoms with Gasteiger partial charge in [0.1, 0.15) is 10.5 Å². The van der Waals surface area contributed by atoms with E-state index in [1.165, 1.54) is 37.0 Å². The molecule has 0 unspecified atom stereocenters. The molecule has 1 fully saturated rings. The molecule has 0 atom stereocenters. The van der Waals surface area contributed by atoms with E-state index in [0.29, 0.717) is 10.9 Å². The Morgan fingerprint density at radius 3 is 2.58 bits per heavy atom. The zero-order valence-electron chi connectivity index (χ0n) is 12.1. The molecule has 0 aromatic carbocycles. The summed E-state index contributed by atoms with van der Waals surface area (Å²) in [4.78, 5) is 17.1. The van der Waals surface area contributed by atoms with E-state index >= 15 is 0 Å². The van der Waals surface area contributed by atoms with Gasteiger partial charge in [-0.15, -0.1) is 0 Å². The lowest BCUT2D eigenvalue weighted by Crippen LogP contribution is -2.23. The molecule has 0 amide bonds. The average Bonchev–Trinajstić information content (AvgIpc) is 2.86. The minimum absolute atomic E-state index is 0.276. The van der Waals surface area contributed by atoms with Gasteiger partial charge in [0.2, 0.25) is 0 Å². The Labute approximate surface area is 118 Å². The van der Waals surface area contributed by atoms with Gasteiger partial charge in [-0.3, -0.25) is 0 Å². The zero-order chi connectivity index (χ0) is 14.0. The molecule has 1 aliphatic carbocycles. The zero-order valence-corrected chi connectivity index (χ0v) is 12.9. The highest BCUT2D eigenvalue weighted by Gasteiger charge is 2.23. The quantitative estimate of drug-likeness (QED) is 0.858. The normalized spacial score (nSPS) is 16.6. The Balaban J connectivity index is 2.05. The summed E-state index contributed by atoms with van der Waals surface area (Å²) >= 11 is 1.40. The molecule has 19 heavy (non-hydrogen) atoms. The Bertz CT molecular complexity index is 457. The summed E-state index contributed by atoms with van der Waals surface area (Å²) in [6.07, 6.45) is 4.95. The molecule has 0 saturated heterocycles. The van der Waals surface area contributed by atoms with Gasteiger partial charge >= 0.3 is 5.97 Å². The Kier molecular flexibility index (Phi) is 4.13. The fraction of sp³-hybridized carbons (Fsp3) is 0.714. The highest BCUT2D eigenvalue weighted by molar-refractivity contribution is 7.17. The van der Waals surface area contributed by atoms with Crippen LogP contribution >= 0.6 is 11.3 Å². The van der Waals surface area contributed by atoms with E-state index in [0.717, 1.165) is 10.8 Å². The lowest BCUT2D eigenvalue weighted by Gasteiger charge is -2.18. The summed E-state index contributed by atoms with van der Waals surface area (Å²) in [6.45, 7) is 7.48. The van der Waals surface area contributed by atoms with E-state index in [9.17, 15) is 4.79 Å². The fourth-order valence-corrected chi connectivity index (χ4v) is 3.14. The van der Waals surface area contributed by atoms with Crippen molar-refractivity contribution in [3.8, 4) is 0 Å². The first-order chi connectivity index (χ1) is 8.85. The number of anilines is 1. The number of ether oxygens (including phenoxy) is 1. The van der Waals surface area contributed by atoms with E-state index in [1.807, 2.05) is 27.7 Å². The van der Waals surface area contributed by atoms with Crippen molar-refractivity contribution in [1.82, 2.24) is 4.98 Å². The third-order valence-corrected chi connectivity index (χ3v) is 4.13. The van der Waals surface area contributed by atoms with Gasteiger partial charge in [-0.05, 0) is 40.5 Å². The summed E-state index contributed by atoms with van der Waals surface area (Å²) in [7, 11) is 0. The highest BCUT2D eigenvalue weighted by Crippen LogP contribution is 2.28. The van der Waals surface area contributed by atoms with Crippen molar-refractivity contribution in [2.75, 3.05) is 5.32 Å². The number of carbonyl (C=O) groups excluding carboxylic acids is 1. The van der Waals surface area contributed by atoms with Crippen LogP contribution < -0.4 is 5.32 Å². The standard InChI is InChI=1S/C14H22N2O2S/c1-9-11(12(17)18-14(2,3)4)19-13(15-9)16-10-7-5-6-8-10/h10H,5-8H2,1-4H3,(H,15,16). The molecule has 4 nitrogen and oxygen atoms in total. The van der Waals surface area contributed by atoms with Crippen LogP contribution in [0.3, 0.4) is 0 Å². The number of rotatable bonds is 3. The van der Waals surface area contributed by atoms with Gasteiger partial charge in [-0.25, -0.2) is 9.78 Å². The molecule has 1 aromatic heterocycles. The van der Waals surface area contributed by atoms with Gasteiger partial charge in [0.25, 0.3) is 0 Å². The Morgan fingerprint density at radius 2 is 2.00 bits per heavy atom. The predicted octanol–water partition coefficient (Wildman–Crippen LogP) is 3.76. The summed E-state index contributed by atoms with van der Waals surface area (Å²) in [5.74, 6) is -0.276. The van der Waals surface area contributed by atoms with Crippen molar-refractivity contribution in [3.05, 3.63) is 10.6 Å². The van der Waals surface area contributed by atoms with Crippen LogP contribution in [-0.2, 0) is 4.74 Å². The maximum absolute atomic E-state index is 12.1. The second-order valence-electron chi connectivity index (χ2n) is 6.06. The smallest absolute Gasteiger partial charge is 0.350 e. The molecule has 0 spiro atoms. The van der Waals surface area contributed by atoms with Gasteiger partial charge in [0.05, 0.1) is 5.69 Å². The van der Waals surface area contributed by atoms with Crippen LogP contribution in [0, 0.1) is 6.92 Å². The molecule has 2 rings (SSSR count). The molecule has 0 bridgehead atoms. The lowest BCUT2D eigenvalue weighted by molar-refractivity contribution is 0.00742. The highest BCUT2D eigenvalue weighted by atomic mass is 32.1. The van der Waals surface area contributed by atoms with Crippen molar-refractivity contribution in [1.29, 1.82) is 0 Å². The van der Waals surface area contributed by atoms with Crippen molar-refractivity contribution in [2.45, 2.75) is 65.0 Å². The van der Waals surface area contributed by atoms with Crippen LogP contribution in [0.1, 0.15) is 61.8 Å². The largest absolute Gasteiger partial charge is 0.456 e. The molecule has 106 valence electrons. The third kappa shape index (κ3) is 3.93. The number of hydrogen-bond acceptors (Lipinski definition) is 5. The summed E-state index contributed by atoms with van der Waals surface area (Å²) in [5.41, 5.74) is 0.284. The predicted molar refractivity (Wildman–Crippen MR) is 77.9 cm³/mol. The number of aryl methyl sites for hydroxylation is 1. The van der Waals surface area contributed by atoms with Crippen LogP contribution in [0.15, 0.2) is 0 Å². The topological polar surface area (TPSA) is 51.2 Å². The second kappa shape index (κ2) is 5.49. The van der Waals surface area contributed by atoms with E-state index in [4.69, 9.17) is 4.74 Å². The van der Waals surface area contributed by atoms with Crippen LogP contribution in [-0.4, -0.2) is 22.6 Å². The van der Waals surface area contributed by atoms with E-state index in [-0.39, 0.29) is 5.97 Å². The minimum atomic E-state index is -0.466. The first kappa shape index (κ1) is 14.3. The van der Waals surface area contributed by atoms with Gasteiger partial charge < -0.3 is 10.1 Å². The van der Waals surface area contributed by atoms with Gasteiger partial charge in [-0.2, -0.15) is 0 Å². The maximum atomic E-state index is 12.1. The number of nitrogens with one attached hydrogen (secondary N) is 1. The number of hydrogen-bond donors (Lipinski definition) is 1. The van der Waals surface area contributed by atoms with Gasteiger partial charge in [0, 0.05) is 6.04 Å². The fourth-order valence-electron chi connectivity index (χ4n) is 2.22. The van der Waals surface area contributed by atoms with Crippen LogP contribution in [0.5, 0.6) is 0 Å². The number of thiazole rings is 1. The van der Waals surface area contributed by atoms with Crippen LogP contribution in [0.4, 0.5) is 5.13 Å². The summed E-state index contributed by atoms with van der Waals surface area (Å²) in [6, 6.07) is 0.511. The number of carbonyl (C=O) groups is 1. The lowest BCUT2D eigenvalue weighted by atomic mass is 10.2. The Hall–Kier alpha value is -1.10. The van der Waals surface area contributed by atoms with Crippen LogP contribution in [0.2, 0.25) is 0 Å². The SMILES string of the molecule is Cc1nc(NC2CCCC2)sc1C(=O)OC(C)(C)C. The first-order valence-corrected chi connectivity index (χ1v) is 7.64. The minimum Gasteiger partial charge on any atom is -0.456 e. The molecule has 0 radical (unpaired) electrons. The number of esters is 1. The first-order valence-electron chi connectivity index (χ1n) is 6.82. The number of aromatic nitrogens is 1. The monoisotopic (exact) mass is 282 g/mol. The molecular weight excluding hydrogens is 260 g/mol. The van der Waals surface area contributed by atoms with Crippen molar-refractivity contribution < 1.29 is 9.53 Å². The molecule has 1 saturated carbocycles. The van der Waals surface area contributed by atoms with E-state index in [1.54, 1.807) is 0 Å². The Morgan fingerprint density at radius 1 is 1.37 bits per heavy atom. The molecule has 5 heteroatoms. The second-order valence-corrected chi connectivity index (χ2v) is 7.06. The summed E-state index contributed by atoms with van der Waals surface area (Å²) in [5, 5.41) is 4.26. The molecule has 0 aliphatic heterocycles. The average molecular weight is 282 g/mol. The van der Waals surface area contributed by atoms with Crippen molar-refractivity contribution in [2.24, 2.45) is 0 Å². The van der Waals surface area contributed by atoms with E-state index < -0.39 is 5.60 Å². The number of nitrogens with zero attached hydrogens (tertiary/aromatic N) is 1. The van der Waals surface area contributed by atoms with Crippen LogP contribution in [0.25, 0.3) is 0 Å². The molecule has 1 heterocycles.